The Bertz CT molecular complexity index is 1090. The lowest BCUT2D eigenvalue weighted by atomic mass is 10.3. The number of benzene rings is 3. The highest BCUT2D eigenvalue weighted by Crippen LogP contribution is 2.21. The molecule has 6 nitrogen and oxygen atoms in total. The third-order valence-corrected chi connectivity index (χ3v) is 5.91. The molecular formula is C20H16BrClN2O4S. The molecule has 150 valence electrons. The number of anilines is 2. The smallest absolute Gasteiger partial charge is 0.262 e. The summed E-state index contributed by atoms with van der Waals surface area (Å²) in [4.78, 5) is 12.0. The minimum absolute atomic E-state index is 0.0818. The molecule has 0 aliphatic carbocycles. The van der Waals surface area contributed by atoms with Gasteiger partial charge in [0, 0.05) is 20.9 Å². The molecular weight excluding hydrogens is 480 g/mol. The van der Waals surface area contributed by atoms with Crippen molar-refractivity contribution in [1.29, 1.82) is 0 Å². The van der Waals surface area contributed by atoms with Crippen molar-refractivity contribution in [2.45, 2.75) is 4.90 Å². The van der Waals surface area contributed by atoms with Gasteiger partial charge >= 0.3 is 0 Å². The molecule has 2 N–H and O–H groups in total. The molecule has 1 amide bonds. The molecule has 0 spiro atoms. The summed E-state index contributed by atoms with van der Waals surface area (Å²) in [5, 5.41) is 3.25. The zero-order valence-corrected chi connectivity index (χ0v) is 18.1. The van der Waals surface area contributed by atoms with Crippen LogP contribution in [0.4, 0.5) is 11.4 Å². The molecule has 0 saturated carbocycles. The number of amides is 1. The molecule has 0 unspecified atom stereocenters. The van der Waals surface area contributed by atoms with Gasteiger partial charge in [0.1, 0.15) is 5.75 Å². The van der Waals surface area contributed by atoms with Crippen LogP contribution in [0, 0.1) is 0 Å². The van der Waals surface area contributed by atoms with Crippen molar-refractivity contribution in [2.24, 2.45) is 0 Å². The Kier molecular flexibility index (Phi) is 6.79. The number of sulfonamides is 1. The Morgan fingerprint density at radius 3 is 2.10 bits per heavy atom. The molecule has 3 aromatic rings. The maximum Gasteiger partial charge on any atom is 0.262 e. The lowest BCUT2D eigenvalue weighted by Gasteiger charge is -2.10. The van der Waals surface area contributed by atoms with Crippen LogP contribution in [0.25, 0.3) is 0 Å². The monoisotopic (exact) mass is 494 g/mol. The summed E-state index contributed by atoms with van der Waals surface area (Å²) < 4.78 is 33.7. The molecule has 0 radical (unpaired) electrons. The van der Waals surface area contributed by atoms with E-state index in [0.29, 0.717) is 22.1 Å². The van der Waals surface area contributed by atoms with E-state index in [9.17, 15) is 13.2 Å². The number of carbonyl (C=O) groups excluding carboxylic acids is 1. The Morgan fingerprint density at radius 2 is 1.48 bits per heavy atom. The summed E-state index contributed by atoms with van der Waals surface area (Å²) in [6, 6.07) is 19.3. The topological polar surface area (TPSA) is 84.5 Å². The third-order valence-electron chi connectivity index (χ3n) is 3.73. The quantitative estimate of drug-likeness (QED) is 0.487. The molecule has 29 heavy (non-hydrogen) atoms. The first-order valence-electron chi connectivity index (χ1n) is 8.38. The van der Waals surface area contributed by atoms with Crippen molar-refractivity contribution in [3.05, 3.63) is 82.3 Å². The van der Waals surface area contributed by atoms with Gasteiger partial charge in [0.05, 0.1) is 4.90 Å². The molecule has 0 saturated heterocycles. The SMILES string of the molecule is O=C(COc1ccc(S(=O)(=O)Nc2ccc(Br)cc2)cc1)Nc1ccc(Cl)cc1. The molecule has 3 rings (SSSR count). The van der Waals surface area contributed by atoms with Crippen LogP contribution in [0.15, 0.2) is 82.2 Å². The Balaban J connectivity index is 1.57. The van der Waals surface area contributed by atoms with Crippen LogP contribution < -0.4 is 14.8 Å². The van der Waals surface area contributed by atoms with Crippen LogP contribution in [-0.2, 0) is 14.8 Å². The van der Waals surface area contributed by atoms with E-state index < -0.39 is 10.0 Å². The lowest BCUT2D eigenvalue weighted by Crippen LogP contribution is -2.20. The second-order valence-corrected chi connectivity index (χ2v) is 8.96. The van der Waals surface area contributed by atoms with Gasteiger partial charge in [-0.25, -0.2) is 8.42 Å². The van der Waals surface area contributed by atoms with Gasteiger partial charge in [0.25, 0.3) is 15.9 Å². The van der Waals surface area contributed by atoms with E-state index in [1.54, 1.807) is 48.5 Å². The van der Waals surface area contributed by atoms with Crippen LogP contribution in [0.2, 0.25) is 5.02 Å². The van der Waals surface area contributed by atoms with Gasteiger partial charge < -0.3 is 10.1 Å². The van der Waals surface area contributed by atoms with Crippen molar-refractivity contribution < 1.29 is 17.9 Å². The summed E-state index contributed by atoms with van der Waals surface area (Å²) in [5.41, 5.74) is 1.05. The largest absolute Gasteiger partial charge is 0.484 e. The molecule has 0 aromatic heterocycles. The summed E-state index contributed by atoms with van der Waals surface area (Å²) in [7, 11) is -3.73. The van der Waals surface area contributed by atoms with Gasteiger partial charge in [-0.3, -0.25) is 9.52 Å². The van der Waals surface area contributed by atoms with Crippen molar-refractivity contribution in [3.8, 4) is 5.75 Å². The highest BCUT2D eigenvalue weighted by Gasteiger charge is 2.14. The zero-order chi connectivity index (χ0) is 20.9. The molecule has 0 aliphatic rings. The predicted molar refractivity (Wildman–Crippen MR) is 117 cm³/mol. The number of nitrogens with one attached hydrogen (secondary N) is 2. The van der Waals surface area contributed by atoms with Crippen molar-refractivity contribution in [1.82, 2.24) is 0 Å². The fourth-order valence-corrected chi connectivity index (χ4v) is 3.78. The Morgan fingerprint density at radius 1 is 0.897 bits per heavy atom. The average molecular weight is 496 g/mol. The van der Waals surface area contributed by atoms with Gasteiger partial charge in [-0.15, -0.1) is 0 Å². The van der Waals surface area contributed by atoms with Crippen LogP contribution >= 0.6 is 27.5 Å². The average Bonchev–Trinajstić information content (AvgIpc) is 2.70. The standard InChI is InChI=1S/C20H16BrClN2O4S/c21-14-1-5-17(6-2-14)24-29(26,27)19-11-9-18(10-12-19)28-13-20(25)23-16-7-3-15(22)4-8-16/h1-12,24H,13H2,(H,23,25). The molecule has 3 aromatic carbocycles. The van der Waals surface area contributed by atoms with E-state index in [0.717, 1.165) is 4.47 Å². The van der Waals surface area contributed by atoms with E-state index in [1.807, 2.05) is 0 Å². The first kappa shape index (κ1) is 21.2. The van der Waals surface area contributed by atoms with E-state index in [-0.39, 0.29) is 17.4 Å². The number of carbonyl (C=O) groups is 1. The molecule has 0 fully saturated rings. The molecule has 0 bridgehead atoms. The number of hydrogen-bond donors (Lipinski definition) is 2. The summed E-state index contributed by atoms with van der Waals surface area (Å²) in [5.74, 6) is 0.0276. The van der Waals surface area contributed by atoms with E-state index in [2.05, 4.69) is 26.0 Å². The first-order chi connectivity index (χ1) is 13.8. The predicted octanol–water partition coefficient (Wildman–Crippen LogP) is 4.92. The van der Waals surface area contributed by atoms with Crippen LogP contribution in [0.1, 0.15) is 0 Å². The summed E-state index contributed by atoms with van der Waals surface area (Å²) >= 11 is 9.10. The highest BCUT2D eigenvalue weighted by molar-refractivity contribution is 9.10. The fraction of sp³-hybridized carbons (Fsp3) is 0.0500. The minimum Gasteiger partial charge on any atom is -0.484 e. The number of hydrogen-bond acceptors (Lipinski definition) is 4. The minimum atomic E-state index is -3.73. The molecule has 0 atom stereocenters. The van der Waals surface area contributed by atoms with E-state index >= 15 is 0 Å². The normalized spacial score (nSPS) is 11.0. The van der Waals surface area contributed by atoms with Gasteiger partial charge in [-0.1, -0.05) is 27.5 Å². The van der Waals surface area contributed by atoms with Gasteiger partial charge in [0.2, 0.25) is 0 Å². The second-order valence-electron chi connectivity index (χ2n) is 5.93. The van der Waals surface area contributed by atoms with E-state index in [1.165, 1.54) is 24.3 Å². The van der Waals surface area contributed by atoms with Crippen LogP contribution in [0.5, 0.6) is 5.75 Å². The van der Waals surface area contributed by atoms with Crippen LogP contribution in [-0.4, -0.2) is 20.9 Å². The summed E-state index contributed by atoms with van der Waals surface area (Å²) in [6.07, 6.45) is 0. The van der Waals surface area contributed by atoms with E-state index in [4.69, 9.17) is 16.3 Å². The first-order valence-corrected chi connectivity index (χ1v) is 11.0. The number of ether oxygens (including phenoxy) is 1. The number of rotatable bonds is 7. The van der Waals surface area contributed by atoms with Gasteiger partial charge in [0.15, 0.2) is 6.61 Å². The van der Waals surface area contributed by atoms with Crippen LogP contribution in [0.3, 0.4) is 0 Å². The maximum absolute atomic E-state index is 12.5. The summed E-state index contributed by atoms with van der Waals surface area (Å²) in [6.45, 7) is -0.216. The number of halogens is 2. The molecule has 9 heteroatoms. The Labute approximate surface area is 182 Å². The second kappa shape index (κ2) is 9.30. The fourth-order valence-electron chi connectivity index (χ4n) is 2.33. The van der Waals surface area contributed by atoms with Crippen molar-refractivity contribution in [3.63, 3.8) is 0 Å². The Hall–Kier alpha value is -2.55. The lowest BCUT2D eigenvalue weighted by molar-refractivity contribution is -0.118. The van der Waals surface area contributed by atoms with Gasteiger partial charge in [-0.2, -0.15) is 0 Å². The zero-order valence-electron chi connectivity index (χ0n) is 14.9. The highest BCUT2D eigenvalue weighted by atomic mass is 79.9. The molecule has 0 aliphatic heterocycles. The third kappa shape index (κ3) is 6.22. The maximum atomic E-state index is 12.5. The van der Waals surface area contributed by atoms with Gasteiger partial charge in [-0.05, 0) is 72.8 Å². The molecule has 0 heterocycles. The van der Waals surface area contributed by atoms with Crippen molar-refractivity contribution >= 4 is 54.8 Å². The van der Waals surface area contributed by atoms with Crippen molar-refractivity contribution in [2.75, 3.05) is 16.6 Å².